The van der Waals surface area contributed by atoms with Gasteiger partial charge in [0.2, 0.25) is 0 Å². The van der Waals surface area contributed by atoms with Gasteiger partial charge in [-0.1, -0.05) is 0 Å². The van der Waals surface area contributed by atoms with Crippen LogP contribution in [-0.4, -0.2) is 24.2 Å². The topological polar surface area (TPSA) is 39.9 Å². The third-order valence-electron chi connectivity index (χ3n) is 2.49. The Balaban J connectivity index is 3.25. The summed E-state index contributed by atoms with van der Waals surface area (Å²) in [4.78, 5) is 5.13. The van der Waals surface area contributed by atoms with Crippen LogP contribution in [0.25, 0.3) is 0 Å². The summed E-state index contributed by atoms with van der Waals surface area (Å²) in [5.41, 5.74) is 1.44. The van der Waals surface area contributed by atoms with Crippen LogP contribution in [0.1, 0.15) is 23.7 Å². The number of hydrogen-bond donors (Lipinski definition) is 0. The zero-order chi connectivity index (χ0) is 13.9. The summed E-state index contributed by atoms with van der Waals surface area (Å²) in [6.45, 7) is 4.03. The van der Waals surface area contributed by atoms with E-state index in [1.807, 2.05) is 6.07 Å². The molecule has 0 spiro atoms. The Morgan fingerprint density at radius 3 is 2.44 bits per heavy atom. The molecule has 0 aliphatic rings. The standard InChI is InChI=1S/C12H14F3N3/c1-4-18(7-12(13,14)15)11-10(6-16)8(2)5-9(3)17-11/h5H,4,7H2,1-3H3. The van der Waals surface area contributed by atoms with Crippen molar-refractivity contribution in [3.63, 3.8) is 0 Å². The molecule has 1 aromatic heterocycles. The van der Waals surface area contributed by atoms with E-state index in [0.717, 1.165) is 4.90 Å². The van der Waals surface area contributed by atoms with E-state index in [1.165, 1.54) is 0 Å². The van der Waals surface area contributed by atoms with Crippen LogP contribution in [0.3, 0.4) is 0 Å². The maximum absolute atomic E-state index is 12.5. The van der Waals surface area contributed by atoms with Gasteiger partial charge in [0.05, 0.1) is 5.56 Å². The Labute approximate surface area is 104 Å². The number of nitriles is 1. The number of nitrogens with zero attached hydrogens (tertiary/aromatic N) is 3. The molecule has 3 nitrogen and oxygen atoms in total. The van der Waals surface area contributed by atoms with Crippen LogP contribution in [0, 0.1) is 25.2 Å². The molecule has 0 aliphatic carbocycles. The van der Waals surface area contributed by atoms with Gasteiger partial charge in [-0.2, -0.15) is 18.4 Å². The molecule has 0 atom stereocenters. The van der Waals surface area contributed by atoms with Crippen LogP contribution in [-0.2, 0) is 0 Å². The molecular formula is C12H14F3N3. The van der Waals surface area contributed by atoms with Crippen LogP contribution < -0.4 is 4.90 Å². The van der Waals surface area contributed by atoms with Crippen molar-refractivity contribution in [2.24, 2.45) is 0 Å². The number of hydrogen-bond acceptors (Lipinski definition) is 3. The highest BCUT2D eigenvalue weighted by molar-refractivity contribution is 5.58. The second-order valence-corrected chi connectivity index (χ2v) is 4.02. The first-order chi connectivity index (χ1) is 8.28. The van der Waals surface area contributed by atoms with Gasteiger partial charge in [-0.05, 0) is 32.4 Å². The fraction of sp³-hybridized carbons (Fsp3) is 0.500. The van der Waals surface area contributed by atoms with Crippen molar-refractivity contribution in [3.05, 3.63) is 22.9 Å². The number of pyridine rings is 1. The van der Waals surface area contributed by atoms with E-state index in [1.54, 1.807) is 26.8 Å². The van der Waals surface area contributed by atoms with Gasteiger partial charge in [0.1, 0.15) is 18.4 Å². The third kappa shape index (κ3) is 3.36. The van der Waals surface area contributed by atoms with E-state index in [2.05, 4.69) is 4.98 Å². The number of aryl methyl sites for hydroxylation is 2. The SMILES string of the molecule is CCN(CC(F)(F)F)c1nc(C)cc(C)c1C#N. The van der Waals surface area contributed by atoms with Gasteiger partial charge >= 0.3 is 6.18 Å². The molecule has 0 saturated heterocycles. The van der Waals surface area contributed by atoms with Crippen molar-refractivity contribution < 1.29 is 13.2 Å². The first kappa shape index (κ1) is 14.3. The highest BCUT2D eigenvalue weighted by atomic mass is 19.4. The maximum Gasteiger partial charge on any atom is 0.405 e. The molecule has 6 heteroatoms. The quantitative estimate of drug-likeness (QED) is 0.835. The van der Waals surface area contributed by atoms with E-state index in [-0.39, 0.29) is 17.9 Å². The highest BCUT2D eigenvalue weighted by Crippen LogP contribution is 2.25. The molecule has 18 heavy (non-hydrogen) atoms. The zero-order valence-corrected chi connectivity index (χ0v) is 10.5. The van der Waals surface area contributed by atoms with Crippen molar-refractivity contribution in [1.29, 1.82) is 5.26 Å². The Bertz CT molecular complexity index is 475. The van der Waals surface area contributed by atoms with Gasteiger partial charge in [0.15, 0.2) is 0 Å². The summed E-state index contributed by atoms with van der Waals surface area (Å²) >= 11 is 0. The average molecular weight is 257 g/mol. The number of alkyl halides is 3. The summed E-state index contributed by atoms with van der Waals surface area (Å²) in [6, 6.07) is 3.60. The number of aromatic nitrogens is 1. The second kappa shape index (κ2) is 5.25. The zero-order valence-electron chi connectivity index (χ0n) is 10.5. The molecule has 98 valence electrons. The van der Waals surface area contributed by atoms with Gasteiger partial charge in [-0.3, -0.25) is 0 Å². The summed E-state index contributed by atoms with van der Waals surface area (Å²) in [7, 11) is 0. The highest BCUT2D eigenvalue weighted by Gasteiger charge is 2.31. The van der Waals surface area contributed by atoms with Gasteiger partial charge in [-0.25, -0.2) is 4.98 Å². The van der Waals surface area contributed by atoms with E-state index in [0.29, 0.717) is 11.3 Å². The first-order valence-electron chi connectivity index (χ1n) is 5.48. The minimum atomic E-state index is -4.32. The molecule has 1 heterocycles. The number of rotatable bonds is 3. The lowest BCUT2D eigenvalue weighted by atomic mass is 10.1. The van der Waals surface area contributed by atoms with E-state index < -0.39 is 12.7 Å². The van der Waals surface area contributed by atoms with Gasteiger partial charge in [0, 0.05) is 12.2 Å². The Hall–Kier alpha value is -1.77. The smallest absolute Gasteiger partial charge is 0.347 e. The third-order valence-corrected chi connectivity index (χ3v) is 2.49. The molecule has 0 saturated carbocycles. The molecule has 0 fully saturated rings. The first-order valence-corrected chi connectivity index (χ1v) is 5.48. The summed E-state index contributed by atoms with van der Waals surface area (Å²) in [5.74, 6) is 0.106. The van der Waals surface area contributed by atoms with Crippen molar-refractivity contribution >= 4 is 5.82 Å². The molecule has 1 rings (SSSR count). The van der Waals surface area contributed by atoms with Crippen LogP contribution in [0.4, 0.5) is 19.0 Å². The van der Waals surface area contributed by atoms with Crippen LogP contribution in [0.15, 0.2) is 6.07 Å². The Kier molecular flexibility index (Phi) is 4.17. The van der Waals surface area contributed by atoms with Crippen LogP contribution >= 0.6 is 0 Å². The molecule has 0 unspecified atom stereocenters. The number of anilines is 1. The minimum absolute atomic E-state index is 0.106. The second-order valence-electron chi connectivity index (χ2n) is 4.02. The predicted molar refractivity (Wildman–Crippen MR) is 62.4 cm³/mol. The van der Waals surface area contributed by atoms with Crippen molar-refractivity contribution in [2.75, 3.05) is 18.0 Å². The van der Waals surface area contributed by atoms with Crippen molar-refractivity contribution in [1.82, 2.24) is 4.98 Å². The summed E-state index contributed by atoms with van der Waals surface area (Å²) < 4.78 is 37.4. The molecular weight excluding hydrogens is 243 g/mol. The molecule has 0 bridgehead atoms. The molecule has 0 radical (unpaired) electrons. The lowest BCUT2D eigenvalue weighted by molar-refractivity contribution is -0.119. The van der Waals surface area contributed by atoms with E-state index in [9.17, 15) is 13.2 Å². The molecule has 0 aliphatic heterocycles. The normalized spacial score (nSPS) is 11.2. The lowest BCUT2D eigenvalue weighted by Gasteiger charge is -2.25. The van der Waals surface area contributed by atoms with Crippen molar-refractivity contribution in [3.8, 4) is 6.07 Å². The fourth-order valence-corrected chi connectivity index (χ4v) is 1.74. The Morgan fingerprint density at radius 2 is 2.00 bits per heavy atom. The lowest BCUT2D eigenvalue weighted by Crippen LogP contribution is -2.35. The molecule has 0 aromatic carbocycles. The van der Waals surface area contributed by atoms with Gasteiger partial charge in [0.25, 0.3) is 0 Å². The largest absolute Gasteiger partial charge is 0.405 e. The van der Waals surface area contributed by atoms with Gasteiger partial charge in [-0.15, -0.1) is 0 Å². The maximum atomic E-state index is 12.5. The monoisotopic (exact) mass is 257 g/mol. The average Bonchev–Trinajstić information content (AvgIpc) is 2.23. The molecule has 0 amide bonds. The van der Waals surface area contributed by atoms with Crippen LogP contribution in [0.5, 0.6) is 0 Å². The van der Waals surface area contributed by atoms with E-state index in [4.69, 9.17) is 5.26 Å². The summed E-state index contributed by atoms with van der Waals surface area (Å²) in [6.07, 6.45) is -4.32. The molecule has 1 aromatic rings. The minimum Gasteiger partial charge on any atom is -0.347 e. The van der Waals surface area contributed by atoms with Gasteiger partial charge < -0.3 is 4.90 Å². The van der Waals surface area contributed by atoms with Crippen LogP contribution in [0.2, 0.25) is 0 Å². The Morgan fingerprint density at radius 1 is 1.39 bits per heavy atom. The summed E-state index contributed by atoms with van der Waals surface area (Å²) in [5, 5.41) is 9.03. The fourth-order valence-electron chi connectivity index (χ4n) is 1.74. The molecule has 0 N–H and O–H groups in total. The van der Waals surface area contributed by atoms with E-state index >= 15 is 0 Å². The van der Waals surface area contributed by atoms with Crippen molar-refractivity contribution in [2.45, 2.75) is 26.9 Å². The number of halogens is 3. The predicted octanol–water partition coefficient (Wildman–Crippen LogP) is 2.96.